The molecule has 1 N–H and O–H groups in total. The Kier molecular flexibility index (Phi) is 7.92. The summed E-state index contributed by atoms with van der Waals surface area (Å²) < 4.78 is 17.9. The number of fused-ring (bicyclic) bond motifs is 2. The van der Waals surface area contributed by atoms with Crippen LogP contribution in [0.1, 0.15) is 18.4 Å². The first kappa shape index (κ1) is 26.8. The SMILES string of the molecule is COCC(CCOc1ccc(C2=Nc3cc4c(O)n(CCCN(C)C)c(=O)c5cccc(c3=N2)c45)cc1)OC. The van der Waals surface area contributed by atoms with Gasteiger partial charge in [-0.2, -0.15) is 0 Å². The van der Waals surface area contributed by atoms with Crippen molar-refractivity contribution in [2.24, 2.45) is 9.98 Å². The van der Waals surface area contributed by atoms with Gasteiger partial charge in [-0.15, -0.1) is 0 Å². The van der Waals surface area contributed by atoms with Crippen LogP contribution >= 0.6 is 0 Å². The molecule has 1 aromatic heterocycles. The highest BCUT2D eigenvalue weighted by Crippen LogP contribution is 2.33. The van der Waals surface area contributed by atoms with Crippen LogP contribution in [0.5, 0.6) is 11.6 Å². The lowest BCUT2D eigenvalue weighted by Gasteiger charge is -2.15. The average molecular weight is 531 g/mol. The third kappa shape index (κ3) is 5.38. The Morgan fingerprint density at radius 3 is 2.51 bits per heavy atom. The van der Waals surface area contributed by atoms with Crippen LogP contribution in [0.3, 0.4) is 0 Å². The quantitative estimate of drug-likeness (QED) is 0.300. The maximum atomic E-state index is 13.3. The minimum Gasteiger partial charge on any atom is -0.494 e. The van der Waals surface area contributed by atoms with Gasteiger partial charge in [0.15, 0.2) is 5.84 Å². The van der Waals surface area contributed by atoms with Gasteiger partial charge in [-0.25, -0.2) is 9.98 Å². The van der Waals surface area contributed by atoms with E-state index in [0.717, 1.165) is 41.5 Å². The van der Waals surface area contributed by atoms with Gasteiger partial charge in [0.05, 0.1) is 30.4 Å². The summed E-state index contributed by atoms with van der Waals surface area (Å²) in [4.78, 5) is 25.0. The highest BCUT2D eigenvalue weighted by molar-refractivity contribution is 6.14. The molecule has 204 valence electrons. The van der Waals surface area contributed by atoms with E-state index in [0.29, 0.717) is 47.4 Å². The fraction of sp³-hybridized carbons (Fsp3) is 0.367. The monoisotopic (exact) mass is 530 g/mol. The minimum atomic E-state index is -0.196. The van der Waals surface area contributed by atoms with E-state index in [9.17, 15) is 9.90 Å². The van der Waals surface area contributed by atoms with Crippen LogP contribution in [0.4, 0.5) is 5.69 Å². The molecule has 1 aliphatic rings. The first-order chi connectivity index (χ1) is 18.9. The van der Waals surface area contributed by atoms with E-state index in [-0.39, 0.29) is 17.5 Å². The van der Waals surface area contributed by atoms with E-state index in [2.05, 4.69) is 4.90 Å². The van der Waals surface area contributed by atoms with Gasteiger partial charge in [0.25, 0.3) is 5.56 Å². The van der Waals surface area contributed by atoms with Crippen LogP contribution in [-0.2, 0) is 16.0 Å². The van der Waals surface area contributed by atoms with Crippen molar-refractivity contribution in [2.75, 3.05) is 48.1 Å². The molecule has 9 heteroatoms. The highest BCUT2D eigenvalue weighted by atomic mass is 16.5. The third-order valence-electron chi connectivity index (χ3n) is 7.02. The molecule has 5 rings (SSSR count). The van der Waals surface area contributed by atoms with E-state index < -0.39 is 0 Å². The molecule has 1 aliphatic heterocycles. The van der Waals surface area contributed by atoms with Gasteiger partial charge in [-0.1, -0.05) is 12.1 Å². The molecule has 1 atom stereocenters. The average Bonchev–Trinajstić information content (AvgIpc) is 3.37. The van der Waals surface area contributed by atoms with Gasteiger partial charge in [0.1, 0.15) is 5.75 Å². The molecule has 3 aromatic carbocycles. The van der Waals surface area contributed by atoms with E-state index in [4.69, 9.17) is 24.2 Å². The van der Waals surface area contributed by atoms with E-state index >= 15 is 0 Å². The number of hydrogen-bond acceptors (Lipinski definition) is 8. The zero-order valence-corrected chi connectivity index (χ0v) is 22.8. The summed E-state index contributed by atoms with van der Waals surface area (Å²) in [7, 11) is 7.29. The fourth-order valence-corrected chi connectivity index (χ4v) is 4.99. The van der Waals surface area contributed by atoms with Gasteiger partial charge >= 0.3 is 0 Å². The zero-order chi connectivity index (χ0) is 27.5. The number of aliphatic imine (C=N–C) groups is 1. The van der Waals surface area contributed by atoms with E-state index in [1.54, 1.807) is 14.2 Å². The number of aromatic nitrogens is 1. The second kappa shape index (κ2) is 11.5. The number of nitrogens with zero attached hydrogens (tertiary/aromatic N) is 4. The molecule has 0 saturated heterocycles. The second-order valence-electron chi connectivity index (χ2n) is 9.98. The molecular formula is C30H34N4O5. The van der Waals surface area contributed by atoms with Crippen LogP contribution in [0.2, 0.25) is 0 Å². The second-order valence-corrected chi connectivity index (χ2v) is 9.98. The lowest BCUT2D eigenvalue weighted by Crippen LogP contribution is -2.23. The summed E-state index contributed by atoms with van der Waals surface area (Å²) in [5.41, 5.74) is 1.32. The highest BCUT2D eigenvalue weighted by Gasteiger charge is 2.21. The van der Waals surface area contributed by atoms with Gasteiger partial charge in [0, 0.05) is 54.3 Å². The molecule has 1 unspecified atom stereocenters. The molecule has 0 spiro atoms. The topological polar surface area (TPSA) is 97.9 Å². The number of ether oxygens (including phenoxy) is 3. The number of pyridine rings is 1. The van der Waals surface area contributed by atoms with Gasteiger partial charge < -0.3 is 24.2 Å². The Bertz CT molecular complexity index is 1630. The molecular weight excluding hydrogens is 496 g/mol. The van der Waals surface area contributed by atoms with Crippen molar-refractivity contribution < 1.29 is 19.3 Å². The first-order valence-electron chi connectivity index (χ1n) is 13.1. The van der Waals surface area contributed by atoms with Crippen molar-refractivity contribution in [3.05, 3.63) is 69.8 Å². The maximum absolute atomic E-state index is 13.3. The number of hydrogen-bond donors (Lipinski definition) is 1. The Morgan fingerprint density at radius 2 is 1.79 bits per heavy atom. The summed E-state index contributed by atoms with van der Waals surface area (Å²) in [6.07, 6.45) is 1.46. The number of rotatable bonds is 12. The molecule has 2 heterocycles. The molecule has 9 nitrogen and oxygen atoms in total. The van der Waals surface area contributed by atoms with Crippen LogP contribution in [0.25, 0.3) is 21.5 Å². The predicted molar refractivity (Wildman–Crippen MR) is 153 cm³/mol. The molecule has 0 fully saturated rings. The van der Waals surface area contributed by atoms with Crippen molar-refractivity contribution in [3.8, 4) is 11.6 Å². The molecule has 0 radical (unpaired) electrons. The lowest BCUT2D eigenvalue weighted by atomic mass is 10.0. The van der Waals surface area contributed by atoms with Crippen LogP contribution in [0, 0.1) is 0 Å². The molecule has 0 aliphatic carbocycles. The molecule has 0 amide bonds. The van der Waals surface area contributed by atoms with E-state index in [1.165, 1.54) is 4.57 Å². The van der Waals surface area contributed by atoms with Crippen molar-refractivity contribution >= 4 is 33.1 Å². The summed E-state index contributed by atoms with van der Waals surface area (Å²) >= 11 is 0. The molecule has 39 heavy (non-hydrogen) atoms. The van der Waals surface area contributed by atoms with Gasteiger partial charge in [-0.05, 0) is 63.5 Å². The van der Waals surface area contributed by atoms with Gasteiger partial charge in [-0.3, -0.25) is 9.36 Å². The lowest BCUT2D eigenvalue weighted by molar-refractivity contribution is 0.0161. The Hall–Kier alpha value is -3.79. The summed E-state index contributed by atoms with van der Waals surface area (Å²) in [5.74, 6) is 1.29. The maximum Gasteiger partial charge on any atom is 0.261 e. The summed E-state index contributed by atoms with van der Waals surface area (Å²) in [6.45, 7) is 2.29. The number of aromatic hydroxyl groups is 1. The fourth-order valence-electron chi connectivity index (χ4n) is 4.99. The minimum absolute atomic E-state index is 0.00667. The van der Waals surface area contributed by atoms with Crippen molar-refractivity contribution in [3.63, 3.8) is 0 Å². The van der Waals surface area contributed by atoms with Crippen LogP contribution < -0.4 is 15.7 Å². The number of benzene rings is 3. The number of amidine groups is 1. The Balaban J connectivity index is 1.44. The standard InChI is InChI=1S/C30H34N4O5/c1-33(2)14-6-15-34-29(35)23-8-5-7-22-26(23)24(30(34)36)17-25-27(22)32-28(31-25)19-9-11-20(12-10-19)39-16-13-21(38-4)18-37-3/h5,7-12,17,21,36H,6,13-16,18H2,1-4H3. The zero-order valence-electron chi connectivity index (χ0n) is 22.8. The van der Waals surface area contributed by atoms with Crippen LogP contribution in [-0.4, -0.2) is 74.6 Å². The summed E-state index contributed by atoms with van der Waals surface area (Å²) in [6, 6.07) is 15.1. The summed E-state index contributed by atoms with van der Waals surface area (Å²) in [5, 5.41) is 14.6. The predicted octanol–water partition coefficient (Wildman–Crippen LogP) is 3.67. The van der Waals surface area contributed by atoms with Crippen LogP contribution in [0.15, 0.2) is 63.3 Å². The van der Waals surface area contributed by atoms with Crippen molar-refractivity contribution in [1.82, 2.24) is 9.47 Å². The third-order valence-corrected chi connectivity index (χ3v) is 7.02. The Morgan fingerprint density at radius 1 is 1.03 bits per heavy atom. The van der Waals surface area contributed by atoms with Gasteiger partial charge in [0.2, 0.25) is 5.88 Å². The van der Waals surface area contributed by atoms with Crippen molar-refractivity contribution in [1.29, 1.82) is 0 Å². The molecule has 0 saturated carbocycles. The molecule has 4 aromatic rings. The normalized spacial score (nSPS) is 13.6. The Labute approximate surface area is 226 Å². The first-order valence-corrected chi connectivity index (χ1v) is 13.1. The van der Waals surface area contributed by atoms with E-state index in [1.807, 2.05) is 62.6 Å². The molecule has 0 bridgehead atoms. The largest absolute Gasteiger partial charge is 0.494 e. The van der Waals surface area contributed by atoms with Crippen molar-refractivity contribution in [2.45, 2.75) is 25.5 Å². The smallest absolute Gasteiger partial charge is 0.261 e. The number of methoxy groups -OCH3 is 2.